The molecule has 0 heterocycles. The van der Waals surface area contributed by atoms with Crippen molar-refractivity contribution in [1.29, 1.82) is 0 Å². The molecular formula is C15H28O2SSi2. The van der Waals surface area contributed by atoms with E-state index in [1.807, 2.05) is 0 Å². The van der Waals surface area contributed by atoms with Crippen molar-refractivity contribution in [1.82, 2.24) is 0 Å². The third-order valence-corrected chi connectivity index (χ3v) is 9.21. The third-order valence-electron chi connectivity index (χ3n) is 3.11. The maximum absolute atomic E-state index is 13.0. The van der Waals surface area contributed by atoms with Gasteiger partial charge in [0.05, 0.1) is 11.5 Å². The molecule has 1 aromatic rings. The quantitative estimate of drug-likeness (QED) is 0.720. The lowest BCUT2D eigenvalue weighted by Crippen LogP contribution is -2.37. The molecule has 20 heavy (non-hydrogen) atoms. The molecule has 0 aliphatic heterocycles. The highest BCUT2D eigenvalue weighted by atomic mass is 32.2. The van der Waals surface area contributed by atoms with Gasteiger partial charge in [-0.2, -0.15) is 0 Å². The molecule has 0 amide bonds. The van der Waals surface area contributed by atoms with Crippen molar-refractivity contribution in [3.63, 3.8) is 0 Å². The van der Waals surface area contributed by atoms with Crippen molar-refractivity contribution in [3.05, 3.63) is 30.3 Å². The van der Waals surface area contributed by atoms with Crippen LogP contribution in [0.2, 0.25) is 51.4 Å². The first-order valence-corrected chi connectivity index (χ1v) is 16.1. The number of hydrogen-bond donors (Lipinski definition) is 0. The van der Waals surface area contributed by atoms with Crippen LogP contribution in [-0.2, 0) is 9.84 Å². The van der Waals surface area contributed by atoms with Crippen LogP contribution < -0.4 is 0 Å². The summed E-state index contributed by atoms with van der Waals surface area (Å²) >= 11 is 0. The Hall–Kier alpha value is -0.396. The van der Waals surface area contributed by atoms with Gasteiger partial charge in [0.25, 0.3) is 0 Å². The van der Waals surface area contributed by atoms with E-state index in [1.54, 1.807) is 24.3 Å². The molecule has 1 rings (SSSR count). The average molecular weight is 330 g/mol. The van der Waals surface area contributed by atoms with Crippen LogP contribution in [0.25, 0.3) is 0 Å². The summed E-state index contributed by atoms with van der Waals surface area (Å²) in [5, 5.41) is -0.331. The van der Waals surface area contributed by atoms with Gasteiger partial charge in [-0.3, -0.25) is 0 Å². The van der Waals surface area contributed by atoms with Gasteiger partial charge in [-0.05, 0) is 24.2 Å². The molecule has 0 atom stereocenters. The summed E-state index contributed by atoms with van der Waals surface area (Å²) in [5.74, 6) is 0. The summed E-state index contributed by atoms with van der Waals surface area (Å²) in [5.41, 5.74) is 0. The van der Waals surface area contributed by atoms with Crippen LogP contribution in [0.4, 0.5) is 0 Å². The molecule has 0 aliphatic carbocycles. The first-order valence-electron chi connectivity index (χ1n) is 7.62. The second-order valence-electron chi connectivity index (χ2n) is 7.92. The molecule has 0 aliphatic rings. The number of benzene rings is 1. The zero-order chi connectivity index (χ0) is 16.5. The van der Waals surface area contributed by atoms with E-state index in [0.29, 0.717) is 0 Å². The van der Waals surface area contributed by atoms with Crippen molar-refractivity contribution in [2.75, 3.05) is 0 Å². The molecule has 0 radical (unpaired) electrons. The highest BCUT2D eigenvalue weighted by molar-refractivity contribution is 7.92. The summed E-state index contributed by atoms with van der Waals surface area (Å²) in [7, 11) is -6.41. The lowest BCUT2D eigenvalue weighted by Gasteiger charge is -2.29. The van der Waals surface area contributed by atoms with Gasteiger partial charge in [-0.1, -0.05) is 57.5 Å². The summed E-state index contributed by atoms with van der Waals surface area (Å²) < 4.78 is 34.0. The van der Waals surface area contributed by atoms with Crippen LogP contribution in [-0.4, -0.2) is 29.8 Å². The molecular weight excluding hydrogens is 300 g/mol. The van der Waals surface area contributed by atoms with Crippen molar-refractivity contribution in [3.8, 4) is 0 Å². The summed E-state index contributed by atoms with van der Waals surface area (Å²) in [6.45, 7) is 13.3. The second kappa shape index (κ2) is 6.16. The second-order valence-corrected chi connectivity index (χ2v) is 21.2. The standard InChI is InChI=1S/C15H28O2SSi2/c1-19(2,3)12-15(13-20(4,5)6)18(16,17)14-10-8-7-9-11-14/h7-11,15H,12-13H2,1-6H3/i10D. The van der Waals surface area contributed by atoms with Gasteiger partial charge in [-0.15, -0.1) is 0 Å². The van der Waals surface area contributed by atoms with Gasteiger partial charge >= 0.3 is 0 Å². The molecule has 2 nitrogen and oxygen atoms in total. The molecule has 114 valence electrons. The van der Waals surface area contributed by atoms with E-state index >= 15 is 0 Å². The van der Waals surface area contributed by atoms with Crippen LogP contribution >= 0.6 is 0 Å². The largest absolute Gasteiger partial charge is 0.223 e. The SMILES string of the molecule is [2H]c1ccccc1S(=O)(=O)C(C[Si](C)(C)C)C[Si](C)(C)C. The zero-order valence-corrected chi connectivity index (χ0v) is 16.3. The van der Waals surface area contributed by atoms with Gasteiger partial charge in [0.1, 0.15) is 0 Å². The molecule has 0 bridgehead atoms. The van der Waals surface area contributed by atoms with E-state index in [2.05, 4.69) is 39.3 Å². The first-order chi connectivity index (χ1) is 9.33. The highest BCUT2D eigenvalue weighted by Gasteiger charge is 2.35. The minimum absolute atomic E-state index is 0.119. The first kappa shape index (κ1) is 16.0. The van der Waals surface area contributed by atoms with E-state index in [0.717, 1.165) is 12.1 Å². The predicted octanol–water partition coefficient (Wildman–Crippen LogP) is 4.51. The topological polar surface area (TPSA) is 34.1 Å². The van der Waals surface area contributed by atoms with Gasteiger partial charge in [0, 0.05) is 16.1 Å². The minimum Gasteiger partial charge on any atom is -0.223 e. The molecule has 1 aromatic carbocycles. The van der Waals surface area contributed by atoms with Crippen LogP contribution in [0.15, 0.2) is 35.2 Å². The van der Waals surface area contributed by atoms with Crippen molar-refractivity contribution in [2.45, 2.75) is 61.5 Å². The Kier molecular flexibility index (Phi) is 4.92. The Bertz CT molecular complexity index is 570. The average Bonchev–Trinajstić information content (AvgIpc) is 2.24. The van der Waals surface area contributed by atoms with E-state index in [9.17, 15) is 8.42 Å². The summed E-state index contributed by atoms with van der Waals surface area (Å²) in [6, 6.07) is 8.24. The summed E-state index contributed by atoms with van der Waals surface area (Å²) in [4.78, 5) is 0.200. The normalized spacial score (nSPS) is 14.4. The Labute approximate surface area is 128 Å². The van der Waals surface area contributed by atoms with Crippen molar-refractivity contribution >= 4 is 26.0 Å². The van der Waals surface area contributed by atoms with Crippen LogP contribution in [0.1, 0.15) is 1.37 Å². The number of sulfone groups is 1. The number of rotatable bonds is 6. The molecule has 5 heteroatoms. The monoisotopic (exact) mass is 329 g/mol. The molecule has 0 saturated carbocycles. The molecule has 0 fully saturated rings. The highest BCUT2D eigenvalue weighted by Crippen LogP contribution is 2.30. The molecule has 0 aromatic heterocycles. The minimum atomic E-state index is -3.42. The lowest BCUT2D eigenvalue weighted by molar-refractivity contribution is 0.586. The molecule has 0 saturated heterocycles. The van der Waals surface area contributed by atoms with Crippen molar-refractivity contribution in [2.24, 2.45) is 0 Å². The molecule has 0 unspecified atom stereocenters. The van der Waals surface area contributed by atoms with Crippen molar-refractivity contribution < 1.29 is 9.79 Å². The van der Waals surface area contributed by atoms with Crippen LogP contribution in [0.3, 0.4) is 0 Å². The maximum Gasteiger partial charge on any atom is 0.180 e. The van der Waals surface area contributed by atoms with E-state index in [4.69, 9.17) is 1.37 Å². The number of hydrogen-bond acceptors (Lipinski definition) is 2. The van der Waals surface area contributed by atoms with Gasteiger partial charge in [0.2, 0.25) is 0 Å². The van der Waals surface area contributed by atoms with Crippen LogP contribution in [0, 0.1) is 0 Å². The van der Waals surface area contributed by atoms with E-state index in [-0.39, 0.29) is 16.2 Å². The van der Waals surface area contributed by atoms with Gasteiger partial charge < -0.3 is 0 Å². The van der Waals surface area contributed by atoms with E-state index < -0.39 is 26.0 Å². The fraction of sp³-hybridized carbons (Fsp3) is 0.600. The fourth-order valence-corrected chi connectivity index (χ4v) is 11.3. The smallest absolute Gasteiger partial charge is 0.180 e. The third kappa shape index (κ3) is 5.54. The Morgan fingerprint density at radius 1 is 1.00 bits per heavy atom. The predicted molar refractivity (Wildman–Crippen MR) is 93.7 cm³/mol. The molecule has 0 N–H and O–H groups in total. The summed E-state index contributed by atoms with van der Waals surface area (Å²) in [6.07, 6.45) is 0. The fourth-order valence-electron chi connectivity index (χ4n) is 2.39. The lowest BCUT2D eigenvalue weighted by atomic mass is 10.4. The van der Waals surface area contributed by atoms with Gasteiger partial charge in [-0.25, -0.2) is 8.42 Å². The Balaban J connectivity index is 3.27. The van der Waals surface area contributed by atoms with Gasteiger partial charge in [0.15, 0.2) is 9.84 Å². The Morgan fingerprint density at radius 3 is 1.90 bits per heavy atom. The molecule has 0 spiro atoms. The Morgan fingerprint density at radius 2 is 1.50 bits per heavy atom. The maximum atomic E-state index is 13.0. The van der Waals surface area contributed by atoms with E-state index in [1.165, 1.54) is 0 Å². The zero-order valence-electron chi connectivity index (χ0n) is 14.5. The van der Waals surface area contributed by atoms with Crippen LogP contribution in [0.5, 0.6) is 0 Å².